The molecule has 4 aliphatic carbocycles. The van der Waals surface area contributed by atoms with Crippen molar-refractivity contribution in [3.05, 3.63) is 41.5 Å². The summed E-state index contributed by atoms with van der Waals surface area (Å²) in [5.74, 6) is 3.32. The van der Waals surface area contributed by atoms with E-state index in [1.165, 1.54) is 11.6 Å². The molecule has 7 nitrogen and oxygen atoms in total. The highest BCUT2D eigenvalue weighted by molar-refractivity contribution is 5.92. The molecule has 2 N–H and O–H groups in total. The molecule has 0 heterocycles. The Morgan fingerprint density at radius 1 is 0.950 bits per heavy atom. The number of allylic oxidation sites excluding steroid dienone is 1. The lowest BCUT2D eigenvalue weighted by atomic mass is 9.47. The van der Waals surface area contributed by atoms with Crippen LogP contribution in [0.15, 0.2) is 35.9 Å². The first kappa shape index (κ1) is 28.4. The van der Waals surface area contributed by atoms with E-state index in [4.69, 9.17) is 9.47 Å². The minimum atomic E-state index is -0.209. The molecule has 2 amide bonds. The maximum atomic E-state index is 13.4. The molecule has 0 radical (unpaired) electrons. The van der Waals surface area contributed by atoms with Crippen LogP contribution in [-0.4, -0.2) is 44.9 Å². The molecule has 0 saturated heterocycles. The van der Waals surface area contributed by atoms with E-state index in [1.807, 2.05) is 18.2 Å². The Kier molecular flexibility index (Phi) is 8.12. The number of hydrogen-bond acceptors (Lipinski definition) is 5. The standard InChI is InChI=1S/C33H44N2O5/c1-32-15-13-23(36)20-22(32)7-8-24-25-9-10-27(33(25,2)16-14-26(24)32)31(38)35-18-17-34-30(37)12-6-21-5-11-28(39-3)29(19-21)40-4/h5-6,11-12,19-20,24-27H,7-10,13-18H2,1-4H3,(H,34,37)(H,35,38)/b12-6+/t24-,25-,26-,27+,32-,33-/m0/s1. The molecule has 5 rings (SSSR count). The van der Waals surface area contributed by atoms with Crippen molar-refractivity contribution in [2.45, 2.75) is 65.2 Å². The molecule has 0 unspecified atom stereocenters. The molecular weight excluding hydrogens is 504 g/mol. The molecule has 216 valence electrons. The zero-order valence-electron chi connectivity index (χ0n) is 24.4. The van der Waals surface area contributed by atoms with Gasteiger partial charge in [-0.2, -0.15) is 0 Å². The number of nitrogens with one attached hydrogen (secondary N) is 2. The molecule has 4 aliphatic rings. The Hall–Kier alpha value is -3.09. The van der Waals surface area contributed by atoms with Crippen LogP contribution in [0.5, 0.6) is 11.5 Å². The highest BCUT2D eigenvalue weighted by atomic mass is 16.5. The third-order valence-electron chi connectivity index (χ3n) is 10.8. The topological polar surface area (TPSA) is 93.7 Å². The van der Waals surface area contributed by atoms with Crippen molar-refractivity contribution in [3.63, 3.8) is 0 Å². The number of rotatable bonds is 8. The van der Waals surface area contributed by atoms with E-state index in [-0.39, 0.29) is 28.6 Å². The monoisotopic (exact) mass is 548 g/mol. The summed E-state index contributed by atoms with van der Waals surface area (Å²) in [5.41, 5.74) is 2.40. The Morgan fingerprint density at radius 2 is 1.73 bits per heavy atom. The predicted octanol–water partition coefficient (Wildman–Crippen LogP) is 5.10. The molecule has 3 fully saturated rings. The molecule has 3 saturated carbocycles. The van der Waals surface area contributed by atoms with Gasteiger partial charge in [-0.15, -0.1) is 0 Å². The van der Waals surface area contributed by atoms with Crippen molar-refractivity contribution in [1.29, 1.82) is 0 Å². The first-order chi connectivity index (χ1) is 19.2. The molecule has 1 aromatic rings. The maximum Gasteiger partial charge on any atom is 0.244 e. The number of hydrogen-bond donors (Lipinski definition) is 2. The number of fused-ring (bicyclic) bond motifs is 5. The second kappa shape index (κ2) is 11.4. The van der Waals surface area contributed by atoms with Gasteiger partial charge in [-0.25, -0.2) is 0 Å². The van der Waals surface area contributed by atoms with E-state index in [2.05, 4.69) is 24.5 Å². The predicted molar refractivity (Wildman–Crippen MR) is 155 cm³/mol. The van der Waals surface area contributed by atoms with Crippen molar-refractivity contribution in [3.8, 4) is 11.5 Å². The zero-order valence-corrected chi connectivity index (χ0v) is 24.4. The van der Waals surface area contributed by atoms with Crippen LogP contribution in [0.1, 0.15) is 70.8 Å². The number of benzene rings is 1. The smallest absolute Gasteiger partial charge is 0.244 e. The van der Waals surface area contributed by atoms with E-state index in [1.54, 1.807) is 26.4 Å². The quantitative estimate of drug-likeness (QED) is 0.348. The van der Waals surface area contributed by atoms with Crippen molar-refractivity contribution < 1.29 is 23.9 Å². The van der Waals surface area contributed by atoms with Crippen molar-refractivity contribution in [2.75, 3.05) is 27.3 Å². The normalized spacial score (nSPS) is 32.9. The maximum absolute atomic E-state index is 13.4. The van der Waals surface area contributed by atoms with Gasteiger partial charge in [-0.3, -0.25) is 14.4 Å². The van der Waals surface area contributed by atoms with E-state index >= 15 is 0 Å². The van der Waals surface area contributed by atoms with Crippen LogP contribution in [0.3, 0.4) is 0 Å². The average Bonchev–Trinajstić information content (AvgIpc) is 3.31. The van der Waals surface area contributed by atoms with Crippen molar-refractivity contribution >= 4 is 23.7 Å². The Labute approximate surface area is 238 Å². The zero-order chi connectivity index (χ0) is 28.5. The lowest BCUT2D eigenvalue weighted by molar-refractivity contribution is -0.132. The van der Waals surface area contributed by atoms with Crippen LogP contribution < -0.4 is 20.1 Å². The summed E-state index contributed by atoms with van der Waals surface area (Å²) < 4.78 is 10.6. The fourth-order valence-corrected chi connectivity index (χ4v) is 8.67. The van der Waals surface area contributed by atoms with Crippen LogP contribution >= 0.6 is 0 Å². The second-order valence-corrected chi connectivity index (χ2v) is 12.7. The number of carbonyl (C=O) groups is 3. The van der Waals surface area contributed by atoms with Gasteiger partial charge >= 0.3 is 0 Å². The number of ketones is 1. The van der Waals surface area contributed by atoms with Gasteiger partial charge in [-0.1, -0.05) is 25.5 Å². The van der Waals surface area contributed by atoms with Crippen LogP contribution in [-0.2, 0) is 14.4 Å². The lowest BCUT2D eigenvalue weighted by Crippen LogP contribution is -2.52. The van der Waals surface area contributed by atoms with Gasteiger partial charge < -0.3 is 20.1 Å². The van der Waals surface area contributed by atoms with E-state index < -0.39 is 0 Å². The fourth-order valence-electron chi connectivity index (χ4n) is 8.67. The summed E-state index contributed by atoms with van der Waals surface area (Å²) in [6, 6.07) is 5.46. The molecule has 0 aliphatic heterocycles. The van der Waals surface area contributed by atoms with Crippen LogP contribution in [0, 0.1) is 34.5 Å². The van der Waals surface area contributed by atoms with Crippen LogP contribution in [0.2, 0.25) is 0 Å². The first-order valence-electron chi connectivity index (χ1n) is 14.9. The largest absolute Gasteiger partial charge is 0.493 e. The van der Waals surface area contributed by atoms with Gasteiger partial charge in [0.15, 0.2) is 17.3 Å². The summed E-state index contributed by atoms with van der Waals surface area (Å²) in [6.07, 6.45) is 13.3. The summed E-state index contributed by atoms with van der Waals surface area (Å²) in [7, 11) is 3.16. The molecule has 0 aromatic heterocycles. The van der Waals surface area contributed by atoms with Gasteiger partial charge in [0.05, 0.1) is 14.2 Å². The number of amides is 2. The average molecular weight is 549 g/mol. The van der Waals surface area contributed by atoms with Gasteiger partial charge in [0.25, 0.3) is 0 Å². The van der Waals surface area contributed by atoms with E-state index in [9.17, 15) is 14.4 Å². The van der Waals surface area contributed by atoms with Crippen LogP contribution in [0.25, 0.3) is 6.08 Å². The summed E-state index contributed by atoms with van der Waals surface area (Å²) in [5, 5.41) is 5.98. The third kappa shape index (κ3) is 5.19. The van der Waals surface area contributed by atoms with Crippen molar-refractivity contribution in [1.82, 2.24) is 10.6 Å². The Morgan fingerprint density at radius 3 is 2.50 bits per heavy atom. The minimum Gasteiger partial charge on any atom is -0.493 e. The number of ether oxygens (including phenoxy) is 2. The Balaban J connectivity index is 1.12. The Bertz CT molecular complexity index is 1220. The third-order valence-corrected chi connectivity index (χ3v) is 10.8. The van der Waals surface area contributed by atoms with Gasteiger partial charge in [-0.05, 0) is 103 Å². The summed E-state index contributed by atoms with van der Waals surface area (Å²) in [4.78, 5) is 37.8. The fraction of sp³-hybridized carbons (Fsp3) is 0.606. The molecule has 0 bridgehead atoms. The molecular formula is C33H44N2O5. The first-order valence-corrected chi connectivity index (χ1v) is 14.9. The summed E-state index contributed by atoms with van der Waals surface area (Å²) >= 11 is 0. The van der Waals surface area contributed by atoms with Gasteiger partial charge in [0.2, 0.25) is 11.8 Å². The van der Waals surface area contributed by atoms with E-state index in [0.717, 1.165) is 50.5 Å². The molecule has 1 aromatic carbocycles. The van der Waals surface area contributed by atoms with E-state index in [0.29, 0.717) is 54.5 Å². The lowest BCUT2D eigenvalue weighted by Gasteiger charge is -2.58. The van der Waals surface area contributed by atoms with Gasteiger partial charge in [0.1, 0.15) is 0 Å². The molecule has 6 atom stereocenters. The van der Waals surface area contributed by atoms with Crippen molar-refractivity contribution in [2.24, 2.45) is 34.5 Å². The molecule has 0 spiro atoms. The van der Waals surface area contributed by atoms with Gasteiger partial charge in [0, 0.05) is 31.5 Å². The number of carbonyl (C=O) groups excluding carboxylic acids is 3. The SMILES string of the molecule is COc1ccc(/C=C/C(=O)NCCNC(=O)[C@H]2CC[C@H]3[C@@H]4CCC5=CC(=O)CC[C@]5(C)[C@H]4CC[C@]23C)cc1OC. The van der Waals surface area contributed by atoms with Crippen LogP contribution in [0.4, 0.5) is 0 Å². The minimum absolute atomic E-state index is 0.0248. The molecule has 40 heavy (non-hydrogen) atoms. The second-order valence-electron chi connectivity index (χ2n) is 12.7. The highest BCUT2D eigenvalue weighted by Crippen LogP contribution is 2.66. The summed E-state index contributed by atoms with van der Waals surface area (Å²) in [6.45, 7) is 5.55. The number of methoxy groups -OCH3 is 2. The highest BCUT2D eigenvalue weighted by Gasteiger charge is 2.60. The molecule has 7 heteroatoms.